The second-order valence-electron chi connectivity index (χ2n) is 5.49. The van der Waals surface area contributed by atoms with E-state index < -0.39 is 10.8 Å². The number of nitrogens with one attached hydrogen (secondary N) is 1. The number of benzene rings is 2. The van der Waals surface area contributed by atoms with Crippen LogP contribution in [0.15, 0.2) is 65.1 Å². The van der Waals surface area contributed by atoms with Gasteiger partial charge in [-0.3, -0.25) is 14.9 Å². The standard InChI is InChI=1S/C19H16N2O6/c1-25-15-3-2-4-16(11-15)26-12-17-9-10-18(27-17)19(22)20-13-5-7-14(8-6-13)21(23)24/h2-11H,12H2,1H3,(H,20,22). The molecule has 0 unspecified atom stereocenters. The number of nitro groups is 1. The minimum absolute atomic E-state index is 0.0528. The Morgan fingerprint density at radius 3 is 2.56 bits per heavy atom. The van der Waals surface area contributed by atoms with E-state index >= 15 is 0 Å². The maximum Gasteiger partial charge on any atom is 0.291 e. The lowest BCUT2D eigenvalue weighted by Gasteiger charge is -2.06. The average molecular weight is 368 g/mol. The number of carbonyl (C=O) groups excluding carboxylic acids is 1. The maximum atomic E-state index is 12.2. The Balaban J connectivity index is 1.59. The van der Waals surface area contributed by atoms with Crippen molar-refractivity contribution in [3.05, 3.63) is 82.3 Å². The summed E-state index contributed by atoms with van der Waals surface area (Å²) in [5, 5.41) is 13.3. The molecular weight excluding hydrogens is 352 g/mol. The van der Waals surface area contributed by atoms with Gasteiger partial charge >= 0.3 is 0 Å². The first-order valence-electron chi connectivity index (χ1n) is 7.96. The Labute approximate surface area is 154 Å². The van der Waals surface area contributed by atoms with E-state index in [1.807, 2.05) is 0 Å². The lowest BCUT2D eigenvalue weighted by molar-refractivity contribution is -0.384. The third-order valence-corrected chi connectivity index (χ3v) is 3.64. The Hall–Kier alpha value is -3.81. The molecule has 1 heterocycles. The van der Waals surface area contributed by atoms with Gasteiger partial charge in [0.05, 0.1) is 12.0 Å². The van der Waals surface area contributed by atoms with E-state index in [0.717, 1.165) is 0 Å². The van der Waals surface area contributed by atoms with Crippen molar-refractivity contribution in [2.75, 3.05) is 12.4 Å². The second-order valence-corrected chi connectivity index (χ2v) is 5.49. The molecule has 0 saturated heterocycles. The Morgan fingerprint density at radius 1 is 1.11 bits per heavy atom. The van der Waals surface area contributed by atoms with Crippen molar-refractivity contribution in [2.45, 2.75) is 6.61 Å². The van der Waals surface area contributed by atoms with Gasteiger partial charge in [0.2, 0.25) is 0 Å². The summed E-state index contributed by atoms with van der Waals surface area (Å²) in [6.07, 6.45) is 0. The van der Waals surface area contributed by atoms with Crippen molar-refractivity contribution in [2.24, 2.45) is 0 Å². The number of hydrogen-bond donors (Lipinski definition) is 1. The molecule has 0 atom stereocenters. The molecule has 0 aliphatic heterocycles. The highest BCUT2D eigenvalue weighted by Gasteiger charge is 2.13. The van der Waals surface area contributed by atoms with Crippen LogP contribution < -0.4 is 14.8 Å². The Bertz CT molecular complexity index is 949. The van der Waals surface area contributed by atoms with E-state index in [9.17, 15) is 14.9 Å². The molecule has 138 valence electrons. The molecule has 8 nitrogen and oxygen atoms in total. The highest BCUT2D eigenvalue weighted by Crippen LogP contribution is 2.21. The van der Waals surface area contributed by atoms with E-state index in [2.05, 4.69) is 5.32 Å². The average Bonchev–Trinajstić information content (AvgIpc) is 3.16. The van der Waals surface area contributed by atoms with Crippen molar-refractivity contribution in [1.29, 1.82) is 0 Å². The minimum atomic E-state index is -0.507. The van der Waals surface area contributed by atoms with Gasteiger partial charge in [-0.2, -0.15) is 0 Å². The van der Waals surface area contributed by atoms with Gasteiger partial charge in [0.25, 0.3) is 11.6 Å². The summed E-state index contributed by atoms with van der Waals surface area (Å²) in [5.74, 6) is 1.42. The van der Waals surface area contributed by atoms with Crippen LogP contribution in [0.25, 0.3) is 0 Å². The van der Waals surface area contributed by atoms with Crippen molar-refractivity contribution in [3.63, 3.8) is 0 Å². The number of nitro benzene ring substituents is 1. The van der Waals surface area contributed by atoms with Gasteiger partial charge in [-0.05, 0) is 36.4 Å². The summed E-state index contributed by atoms with van der Waals surface area (Å²) in [7, 11) is 1.57. The fraction of sp³-hybridized carbons (Fsp3) is 0.105. The molecule has 0 spiro atoms. The predicted molar refractivity (Wildman–Crippen MR) is 97.1 cm³/mol. The van der Waals surface area contributed by atoms with Gasteiger partial charge in [0.15, 0.2) is 5.76 Å². The quantitative estimate of drug-likeness (QED) is 0.499. The van der Waals surface area contributed by atoms with Gasteiger partial charge in [-0.15, -0.1) is 0 Å². The van der Waals surface area contributed by atoms with Crippen molar-refractivity contribution in [3.8, 4) is 11.5 Å². The predicted octanol–water partition coefficient (Wildman–Crippen LogP) is 4.03. The molecule has 1 aromatic heterocycles. The van der Waals surface area contributed by atoms with Gasteiger partial charge in [-0.1, -0.05) is 6.07 Å². The molecule has 3 rings (SSSR count). The zero-order valence-electron chi connectivity index (χ0n) is 14.4. The van der Waals surface area contributed by atoms with Gasteiger partial charge < -0.3 is 19.2 Å². The fourth-order valence-electron chi connectivity index (χ4n) is 2.28. The van der Waals surface area contributed by atoms with E-state index in [4.69, 9.17) is 13.9 Å². The van der Waals surface area contributed by atoms with E-state index in [0.29, 0.717) is 22.9 Å². The number of anilines is 1. The van der Waals surface area contributed by atoms with Crippen LogP contribution in [0.1, 0.15) is 16.3 Å². The number of carbonyl (C=O) groups is 1. The number of nitrogens with zero attached hydrogens (tertiary/aromatic N) is 1. The van der Waals surface area contributed by atoms with Crippen LogP contribution in [0.3, 0.4) is 0 Å². The highest BCUT2D eigenvalue weighted by atomic mass is 16.6. The smallest absolute Gasteiger partial charge is 0.291 e. The van der Waals surface area contributed by atoms with Crippen LogP contribution in [-0.4, -0.2) is 17.9 Å². The number of rotatable bonds is 7. The highest BCUT2D eigenvalue weighted by molar-refractivity contribution is 6.02. The number of amides is 1. The lowest BCUT2D eigenvalue weighted by Crippen LogP contribution is -2.10. The first kappa shape index (κ1) is 18.0. The lowest BCUT2D eigenvalue weighted by atomic mass is 10.3. The SMILES string of the molecule is COc1cccc(OCc2ccc(C(=O)Nc3ccc([N+](=O)[O-])cc3)o2)c1. The van der Waals surface area contributed by atoms with Crippen LogP contribution in [-0.2, 0) is 6.61 Å². The molecule has 1 amide bonds. The van der Waals surface area contributed by atoms with Crippen LogP contribution in [0.2, 0.25) is 0 Å². The van der Waals surface area contributed by atoms with Crippen LogP contribution in [0.5, 0.6) is 11.5 Å². The number of methoxy groups -OCH3 is 1. The molecule has 27 heavy (non-hydrogen) atoms. The zero-order valence-corrected chi connectivity index (χ0v) is 14.4. The third-order valence-electron chi connectivity index (χ3n) is 3.64. The molecule has 0 aliphatic rings. The zero-order chi connectivity index (χ0) is 19.2. The summed E-state index contributed by atoms with van der Waals surface area (Å²) < 4.78 is 16.2. The fourth-order valence-corrected chi connectivity index (χ4v) is 2.28. The van der Waals surface area contributed by atoms with E-state index in [1.54, 1.807) is 37.4 Å². The number of furan rings is 1. The minimum Gasteiger partial charge on any atom is -0.497 e. The summed E-state index contributed by atoms with van der Waals surface area (Å²) in [6, 6.07) is 15.8. The van der Waals surface area contributed by atoms with Crippen molar-refractivity contribution < 1.29 is 23.6 Å². The summed E-state index contributed by atoms with van der Waals surface area (Å²) in [6.45, 7) is 0.151. The monoisotopic (exact) mass is 368 g/mol. The third kappa shape index (κ3) is 4.63. The normalized spacial score (nSPS) is 10.3. The molecule has 3 aromatic rings. The summed E-state index contributed by atoms with van der Waals surface area (Å²) in [5.41, 5.74) is 0.374. The largest absolute Gasteiger partial charge is 0.497 e. The summed E-state index contributed by atoms with van der Waals surface area (Å²) in [4.78, 5) is 22.3. The van der Waals surface area contributed by atoms with Gasteiger partial charge in [-0.25, -0.2) is 0 Å². The number of non-ortho nitro benzene ring substituents is 1. The van der Waals surface area contributed by atoms with Crippen LogP contribution in [0, 0.1) is 10.1 Å². The molecule has 0 fully saturated rings. The molecular formula is C19H16N2O6. The molecule has 0 radical (unpaired) electrons. The molecule has 0 saturated carbocycles. The molecule has 1 N–H and O–H groups in total. The Kier molecular flexibility index (Phi) is 5.36. The molecule has 0 bridgehead atoms. The topological polar surface area (TPSA) is 104 Å². The number of ether oxygens (including phenoxy) is 2. The van der Waals surface area contributed by atoms with Crippen molar-refractivity contribution in [1.82, 2.24) is 0 Å². The van der Waals surface area contributed by atoms with Crippen LogP contribution in [0.4, 0.5) is 11.4 Å². The van der Waals surface area contributed by atoms with E-state index in [1.165, 1.54) is 30.3 Å². The second kappa shape index (κ2) is 8.05. The molecule has 2 aromatic carbocycles. The van der Waals surface area contributed by atoms with Gasteiger partial charge in [0, 0.05) is 23.9 Å². The first-order chi connectivity index (χ1) is 13.0. The molecule has 8 heteroatoms. The maximum absolute atomic E-state index is 12.2. The van der Waals surface area contributed by atoms with Crippen LogP contribution >= 0.6 is 0 Å². The number of hydrogen-bond acceptors (Lipinski definition) is 6. The molecule has 0 aliphatic carbocycles. The Morgan fingerprint density at radius 2 is 1.85 bits per heavy atom. The van der Waals surface area contributed by atoms with E-state index in [-0.39, 0.29) is 18.1 Å². The first-order valence-corrected chi connectivity index (χ1v) is 7.96. The van der Waals surface area contributed by atoms with Gasteiger partial charge in [0.1, 0.15) is 23.9 Å². The summed E-state index contributed by atoms with van der Waals surface area (Å²) >= 11 is 0. The van der Waals surface area contributed by atoms with Crippen molar-refractivity contribution >= 4 is 17.3 Å².